The summed E-state index contributed by atoms with van der Waals surface area (Å²) in [6.07, 6.45) is -3.84. The monoisotopic (exact) mass is 362 g/mol. The molecule has 0 spiro atoms. The third-order valence-electron chi connectivity index (χ3n) is 4.95. The summed E-state index contributed by atoms with van der Waals surface area (Å²) in [5.74, 6) is 1.01. The minimum atomic E-state index is -4.32. The Morgan fingerprint density at radius 3 is 2.25 bits per heavy atom. The number of hydrogen-bond donors (Lipinski definition) is 1. The Morgan fingerprint density at radius 1 is 1.21 bits per heavy atom. The molecule has 1 N–H and O–H groups in total. The molecule has 0 saturated carbocycles. The summed E-state index contributed by atoms with van der Waals surface area (Å²) in [6.45, 7) is 5.40. The molecule has 0 aromatic heterocycles. The van der Waals surface area contributed by atoms with Crippen molar-refractivity contribution in [2.24, 2.45) is 17.8 Å². The fourth-order valence-corrected chi connectivity index (χ4v) is 3.62. The van der Waals surface area contributed by atoms with Gasteiger partial charge in [-0.1, -0.05) is 19.1 Å². The molecule has 2 saturated heterocycles. The molecule has 3 nitrogen and oxygen atoms in total. The Morgan fingerprint density at radius 2 is 1.75 bits per heavy atom. The number of carbonyl (C=O) groups is 1. The summed E-state index contributed by atoms with van der Waals surface area (Å²) in [4.78, 5) is 14.5. The van der Waals surface area contributed by atoms with Crippen LogP contribution in [0, 0.1) is 17.8 Å². The molecular weight excluding hydrogens is 341 g/mol. The number of amides is 1. The first-order valence-corrected chi connectivity index (χ1v) is 8.00. The Hall–Kier alpha value is -1.27. The lowest BCUT2D eigenvalue weighted by molar-refractivity contribution is -0.137. The first kappa shape index (κ1) is 19.1. The van der Waals surface area contributed by atoms with Gasteiger partial charge in [-0.25, -0.2) is 0 Å². The van der Waals surface area contributed by atoms with Crippen LogP contribution >= 0.6 is 12.4 Å². The van der Waals surface area contributed by atoms with E-state index in [4.69, 9.17) is 0 Å². The zero-order valence-electron chi connectivity index (χ0n) is 13.5. The molecule has 1 amide bonds. The largest absolute Gasteiger partial charge is 0.416 e. The maximum absolute atomic E-state index is 12.6. The Bertz CT molecular complexity index is 564. The number of benzene rings is 1. The third kappa shape index (κ3) is 4.03. The molecule has 1 unspecified atom stereocenters. The zero-order valence-corrected chi connectivity index (χ0v) is 14.3. The number of nitrogens with zero attached hydrogens (tertiary/aromatic N) is 1. The standard InChI is InChI=1S/C17H21F3N2O.ClH/c1-11(6-12-2-4-15(5-3-12)17(18,19)20)16(23)22-9-13-7-21-8-14(13)10-22;/h2-5,11,13-14,21H,6-10H2,1H3;1H/t11?,13-,14+;. The number of alkyl halides is 3. The molecule has 3 atom stereocenters. The fourth-order valence-electron chi connectivity index (χ4n) is 3.62. The summed E-state index contributed by atoms with van der Waals surface area (Å²) in [7, 11) is 0. The van der Waals surface area contributed by atoms with Crippen LogP contribution < -0.4 is 5.32 Å². The summed E-state index contributed by atoms with van der Waals surface area (Å²) in [5.41, 5.74) is 0.111. The molecule has 1 aromatic carbocycles. The van der Waals surface area contributed by atoms with Crippen LogP contribution in [0.2, 0.25) is 0 Å². The number of hydrogen-bond acceptors (Lipinski definition) is 2. The Balaban J connectivity index is 0.00000208. The van der Waals surface area contributed by atoms with Crippen LogP contribution in [-0.2, 0) is 17.4 Å². The molecule has 0 radical (unpaired) electrons. The van der Waals surface area contributed by atoms with Gasteiger partial charge in [0.15, 0.2) is 0 Å². The molecule has 2 heterocycles. The van der Waals surface area contributed by atoms with Gasteiger partial charge in [-0.05, 0) is 36.0 Å². The van der Waals surface area contributed by atoms with Crippen molar-refractivity contribution in [3.8, 4) is 0 Å². The number of halogens is 4. The number of carbonyl (C=O) groups excluding carboxylic acids is 1. The normalized spacial score (nSPS) is 24.4. The van der Waals surface area contributed by atoms with Crippen molar-refractivity contribution in [2.45, 2.75) is 19.5 Å². The van der Waals surface area contributed by atoms with Crippen LogP contribution in [0.1, 0.15) is 18.1 Å². The highest BCUT2D eigenvalue weighted by Gasteiger charge is 2.39. The summed E-state index contributed by atoms with van der Waals surface area (Å²) < 4.78 is 37.7. The van der Waals surface area contributed by atoms with Crippen LogP contribution in [0.15, 0.2) is 24.3 Å². The quantitative estimate of drug-likeness (QED) is 0.896. The number of likely N-dealkylation sites (tertiary alicyclic amines) is 1. The van der Waals surface area contributed by atoms with Gasteiger partial charge in [0.05, 0.1) is 5.56 Å². The van der Waals surface area contributed by atoms with Gasteiger partial charge in [-0.15, -0.1) is 12.4 Å². The molecule has 134 valence electrons. The van der Waals surface area contributed by atoms with Crippen LogP contribution in [0.4, 0.5) is 13.2 Å². The van der Waals surface area contributed by atoms with E-state index in [0.717, 1.165) is 43.9 Å². The number of rotatable bonds is 3. The number of fused-ring (bicyclic) bond motifs is 1. The second kappa shape index (κ2) is 7.31. The van der Waals surface area contributed by atoms with E-state index >= 15 is 0 Å². The molecule has 0 aliphatic carbocycles. The predicted octanol–water partition coefficient (Wildman–Crippen LogP) is 2.98. The van der Waals surface area contributed by atoms with Gasteiger partial charge in [0, 0.05) is 32.1 Å². The molecule has 1 aromatic rings. The van der Waals surface area contributed by atoms with Gasteiger partial charge >= 0.3 is 6.18 Å². The van der Waals surface area contributed by atoms with Crippen LogP contribution in [0.25, 0.3) is 0 Å². The van der Waals surface area contributed by atoms with Gasteiger partial charge < -0.3 is 10.2 Å². The number of nitrogens with one attached hydrogen (secondary N) is 1. The molecule has 7 heteroatoms. The minimum absolute atomic E-state index is 0. The molecule has 24 heavy (non-hydrogen) atoms. The first-order chi connectivity index (χ1) is 10.8. The van der Waals surface area contributed by atoms with Gasteiger partial charge in [-0.3, -0.25) is 4.79 Å². The molecule has 2 fully saturated rings. The Labute approximate surface area is 146 Å². The van der Waals surface area contributed by atoms with Crippen LogP contribution in [-0.4, -0.2) is 37.0 Å². The van der Waals surface area contributed by atoms with Crippen LogP contribution in [0.3, 0.4) is 0 Å². The second-order valence-electron chi connectivity index (χ2n) is 6.72. The maximum Gasteiger partial charge on any atom is 0.416 e. The topological polar surface area (TPSA) is 32.3 Å². The van der Waals surface area contributed by atoms with Crippen molar-refractivity contribution >= 4 is 18.3 Å². The SMILES string of the molecule is CC(Cc1ccc(C(F)(F)F)cc1)C(=O)N1C[C@H]2CNC[C@H]2C1.Cl. The van der Waals surface area contributed by atoms with Crippen molar-refractivity contribution in [1.29, 1.82) is 0 Å². The second-order valence-corrected chi connectivity index (χ2v) is 6.72. The predicted molar refractivity (Wildman–Crippen MR) is 88.0 cm³/mol. The lowest BCUT2D eigenvalue weighted by Gasteiger charge is -2.22. The van der Waals surface area contributed by atoms with E-state index in [0.29, 0.717) is 18.3 Å². The van der Waals surface area contributed by atoms with E-state index < -0.39 is 11.7 Å². The lowest BCUT2D eigenvalue weighted by atomic mass is 9.99. The average Bonchev–Trinajstić information content (AvgIpc) is 3.07. The molecule has 0 bridgehead atoms. The van der Waals surface area contributed by atoms with Gasteiger partial charge in [0.25, 0.3) is 0 Å². The summed E-state index contributed by atoms with van der Waals surface area (Å²) in [6, 6.07) is 5.10. The van der Waals surface area contributed by atoms with Crippen molar-refractivity contribution in [3.63, 3.8) is 0 Å². The van der Waals surface area contributed by atoms with Crippen molar-refractivity contribution in [1.82, 2.24) is 10.2 Å². The van der Waals surface area contributed by atoms with E-state index in [1.807, 2.05) is 11.8 Å². The van der Waals surface area contributed by atoms with E-state index in [1.165, 1.54) is 12.1 Å². The van der Waals surface area contributed by atoms with E-state index in [1.54, 1.807) is 0 Å². The van der Waals surface area contributed by atoms with Crippen molar-refractivity contribution < 1.29 is 18.0 Å². The fraction of sp³-hybridized carbons (Fsp3) is 0.588. The van der Waals surface area contributed by atoms with E-state index in [-0.39, 0.29) is 24.2 Å². The van der Waals surface area contributed by atoms with Gasteiger partial charge in [0.2, 0.25) is 5.91 Å². The first-order valence-electron chi connectivity index (χ1n) is 8.00. The summed E-state index contributed by atoms with van der Waals surface area (Å²) in [5, 5.41) is 3.34. The summed E-state index contributed by atoms with van der Waals surface area (Å²) >= 11 is 0. The molecular formula is C17H22ClF3N2O. The van der Waals surface area contributed by atoms with Crippen LogP contribution in [0.5, 0.6) is 0 Å². The maximum atomic E-state index is 12.6. The third-order valence-corrected chi connectivity index (χ3v) is 4.95. The zero-order chi connectivity index (χ0) is 16.6. The lowest BCUT2D eigenvalue weighted by Crippen LogP contribution is -2.36. The van der Waals surface area contributed by atoms with Crippen molar-refractivity contribution in [2.75, 3.05) is 26.2 Å². The molecule has 3 rings (SSSR count). The smallest absolute Gasteiger partial charge is 0.342 e. The van der Waals surface area contributed by atoms with Gasteiger partial charge in [0.1, 0.15) is 0 Å². The Kier molecular flexibility index (Phi) is 5.81. The molecule has 2 aliphatic heterocycles. The minimum Gasteiger partial charge on any atom is -0.342 e. The highest BCUT2D eigenvalue weighted by molar-refractivity contribution is 5.85. The van der Waals surface area contributed by atoms with E-state index in [2.05, 4.69) is 5.32 Å². The molecule has 2 aliphatic rings. The van der Waals surface area contributed by atoms with Crippen molar-refractivity contribution in [3.05, 3.63) is 35.4 Å². The van der Waals surface area contributed by atoms with Gasteiger partial charge in [-0.2, -0.15) is 13.2 Å². The van der Waals surface area contributed by atoms with E-state index in [9.17, 15) is 18.0 Å². The highest BCUT2D eigenvalue weighted by atomic mass is 35.5. The average molecular weight is 363 g/mol. The highest BCUT2D eigenvalue weighted by Crippen LogP contribution is 2.30.